The molecule has 3 fully saturated rings. The van der Waals surface area contributed by atoms with E-state index in [1.165, 1.54) is 4.90 Å². The lowest BCUT2D eigenvalue weighted by atomic mass is 10.0. The summed E-state index contributed by atoms with van der Waals surface area (Å²) in [5, 5.41) is 12.0. The number of hydroxylamine groups is 3. The number of carbonyl (C=O) groups is 2. The maximum absolute atomic E-state index is 12.5. The van der Waals surface area contributed by atoms with Crippen molar-refractivity contribution >= 4 is 23.3 Å². The Morgan fingerprint density at radius 3 is 3.07 bits per heavy atom. The van der Waals surface area contributed by atoms with Gasteiger partial charge in [-0.3, -0.25) is 18.9 Å². The van der Waals surface area contributed by atoms with Gasteiger partial charge < -0.3 is 10.2 Å². The van der Waals surface area contributed by atoms with E-state index in [4.69, 9.17) is 9.39 Å². The lowest BCUT2D eigenvalue weighted by Gasteiger charge is -2.29. The van der Waals surface area contributed by atoms with Gasteiger partial charge in [-0.2, -0.15) is 9.27 Å². The molecule has 4 heterocycles. The van der Waals surface area contributed by atoms with Crippen LogP contribution in [0.5, 0.6) is 0 Å². The average Bonchev–Trinajstić information content (AvgIpc) is 3.41. The lowest BCUT2D eigenvalue weighted by Crippen LogP contribution is -2.50. The first kappa shape index (κ1) is 20.2. The third kappa shape index (κ3) is 4.56. The van der Waals surface area contributed by atoms with Gasteiger partial charge in [0, 0.05) is 31.9 Å². The molecule has 3 amide bonds. The summed E-state index contributed by atoms with van der Waals surface area (Å²) >= 11 is -2.59. The van der Waals surface area contributed by atoms with Gasteiger partial charge >= 0.3 is 17.4 Å². The molecular weight excluding hydrogens is 406 g/mol. The predicted octanol–water partition coefficient (Wildman–Crippen LogP) is -1.36. The summed E-state index contributed by atoms with van der Waals surface area (Å²) in [6.07, 6.45) is 5.27. The number of nitrogens with one attached hydrogen (secondary N) is 2. The van der Waals surface area contributed by atoms with Crippen LogP contribution < -0.4 is 10.8 Å². The minimum atomic E-state index is -2.59. The highest BCUT2D eigenvalue weighted by Gasteiger charge is 2.48. The molecule has 3 aliphatic rings. The minimum Gasteiger partial charge on any atom is -0.311 e. The van der Waals surface area contributed by atoms with Crippen LogP contribution in [0, 0.1) is 5.92 Å². The molecule has 3 saturated heterocycles. The summed E-state index contributed by atoms with van der Waals surface area (Å²) in [6.45, 7) is 2.17. The molecule has 0 radical (unpaired) electrons. The van der Waals surface area contributed by atoms with Crippen LogP contribution >= 0.6 is 0 Å². The first-order valence-electron chi connectivity index (χ1n) is 9.39. The number of aromatic nitrogens is 3. The Labute approximate surface area is 169 Å². The van der Waals surface area contributed by atoms with Crippen molar-refractivity contribution in [3.05, 3.63) is 12.4 Å². The number of rotatable bonds is 8. The highest BCUT2D eigenvalue weighted by molar-refractivity contribution is 7.74. The second-order valence-corrected chi connectivity index (χ2v) is 7.99. The highest BCUT2D eigenvalue weighted by atomic mass is 32.2. The van der Waals surface area contributed by atoms with Gasteiger partial charge in [0.15, 0.2) is 0 Å². The zero-order chi connectivity index (χ0) is 20.4. The molecule has 0 saturated carbocycles. The van der Waals surface area contributed by atoms with E-state index >= 15 is 0 Å². The van der Waals surface area contributed by atoms with Gasteiger partial charge in [0.1, 0.15) is 6.04 Å². The van der Waals surface area contributed by atoms with E-state index in [0.717, 1.165) is 24.6 Å². The molecule has 0 aliphatic carbocycles. The normalized spacial score (nSPS) is 30.0. The molecule has 1 aromatic rings. The molecule has 13 nitrogen and oxygen atoms in total. The van der Waals surface area contributed by atoms with Crippen LogP contribution in [0.15, 0.2) is 12.4 Å². The van der Waals surface area contributed by atoms with Crippen molar-refractivity contribution in [3.8, 4) is 0 Å². The number of urea groups is 1. The van der Waals surface area contributed by atoms with Crippen LogP contribution in [0.4, 0.5) is 4.79 Å². The number of nitrogens with zero attached hydrogens (tertiary/aromatic N) is 5. The van der Waals surface area contributed by atoms with Crippen molar-refractivity contribution < 1.29 is 27.5 Å². The second kappa shape index (κ2) is 8.71. The van der Waals surface area contributed by atoms with E-state index < -0.39 is 29.3 Å². The molecule has 5 atom stereocenters. The van der Waals surface area contributed by atoms with Crippen LogP contribution in [-0.4, -0.2) is 83.5 Å². The van der Waals surface area contributed by atoms with Gasteiger partial charge in [-0.15, -0.1) is 9.38 Å². The Morgan fingerprint density at radius 2 is 2.31 bits per heavy atom. The van der Waals surface area contributed by atoms with Crippen molar-refractivity contribution in [2.24, 2.45) is 5.92 Å². The van der Waals surface area contributed by atoms with Crippen LogP contribution in [0.25, 0.3) is 0 Å². The molecular formula is C15H23N7O6S. The topological polar surface area (TPSA) is 151 Å². The smallest absolute Gasteiger partial charge is 0.311 e. The van der Waals surface area contributed by atoms with E-state index in [1.54, 1.807) is 10.9 Å². The first-order valence-corrected chi connectivity index (χ1v) is 10.4. The van der Waals surface area contributed by atoms with E-state index in [-0.39, 0.29) is 18.6 Å². The summed E-state index contributed by atoms with van der Waals surface area (Å²) in [6, 6.07) is -1.52. The number of hydrogen-bond acceptors (Lipinski definition) is 8. The van der Waals surface area contributed by atoms with E-state index in [0.29, 0.717) is 25.4 Å². The van der Waals surface area contributed by atoms with Crippen molar-refractivity contribution in [1.82, 2.24) is 35.8 Å². The Balaban J connectivity index is 1.20. The lowest BCUT2D eigenvalue weighted by molar-refractivity contribution is -0.139. The Kier molecular flexibility index (Phi) is 6.05. The quantitative estimate of drug-likeness (QED) is 0.336. The molecule has 3 unspecified atom stereocenters. The molecule has 3 N–H and O–H groups in total. The largest absolute Gasteiger partial charge is 0.346 e. The Hall–Kier alpha value is -2.13. The molecule has 14 heteroatoms. The maximum atomic E-state index is 12.5. The zero-order valence-electron chi connectivity index (χ0n) is 15.5. The van der Waals surface area contributed by atoms with Crippen molar-refractivity contribution in [2.75, 3.05) is 19.7 Å². The monoisotopic (exact) mass is 429 g/mol. The summed E-state index contributed by atoms with van der Waals surface area (Å²) in [4.78, 5) is 31.5. The van der Waals surface area contributed by atoms with Gasteiger partial charge in [0.25, 0.3) is 5.91 Å². The second-order valence-electron chi connectivity index (χ2n) is 7.41. The van der Waals surface area contributed by atoms with Crippen LogP contribution in [0.1, 0.15) is 19.3 Å². The predicted molar refractivity (Wildman–Crippen MR) is 96.6 cm³/mol. The zero-order valence-corrected chi connectivity index (χ0v) is 16.4. The molecule has 1 aromatic heterocycles. The number of amides is 3. The summed E-state index contributed by atoms with van der Waals surface area (Å²) in [5.41, 5.74) is 2.43. The molecule has 0 spiro atoms. The minimum absolute atomic E-state index is 0.108. The summed E-state index contributed by atoms with van der Waals surface area (Å²) < 4.78 is 26.1. The van der Waals surface area contributed by atoms with E-state index in [9.17, 15) is 13.8 Å². The third-order valence-electron chi connectivity index (χ3n) is 5.46. The first-order chi connectivity index (χ1) is 14.0. The molecule has 0 aromatic carbocycles. The van der Waals surface area contributed by atoms with Crippen molar-refractivity contribution in [1.29, 1.82) is 0 Å². The number of carbonyl (C=O) groups excluding carboxylic acids is 2. The summed E-state index contributed by atoms with van der Waals surface area (Å²) in [5.74, 6) is -0.0116. The highest BCUT2D eigenvalue weighted by Crippen LogP contribution is 2.30. The van der Waals surface area contributed by atoms with Crippen molar-refractivity contribution in [2.45, 2.75) is 43.9 Å². The SMILES string of the molecule is O=C(NOC[C@H]1C[C@@H](Cn2ccnn2)CN1)C1CCC2CN1C(=O)N2OS(=O)O. The number of hydrogen-bond donors (Lipinski definition) is 3. The van der Waals surface area contributed by atoms with Gasteiger partial charge in [-0.05, 0) is 25.2 Å². The van der Waals surface area contributed by atoms with Crippen LogP contribution in [-0.2, 0) is 31.8 Å². The Morgan fingerprint density at radius 1 is 1.45 bits per heavy atom. The van der Waals surface area contributed by atoms with Crippen LogP contribution in [0.2, 0.25) is 0 Å². The fraction of sp³-hybridized carbons (Fsp3) is 0.733. The maximum Gasteiger partial charge on any atom is 0.346 e. The molecule has 160 valence electrons. The van der Waals surface area contributed by atoms with E-state index in [1.807, 2.05) is 6.20 Å². The van der Waals surface area contributed by atoms with E-state index in [2.05, 4.69) is 25.4 Å². The number of piperidine rings is 1. The fourth-order valence-corrected chi connectivity index (χ4v) is 4.44. The molecule has 2 bridgehead atoms. The molecule has 3 aliphatic heterocycles. The third-order valence-corrected chi connectivity index (χ3v) is 5.75. The standard InChI is InChI=1S/C15H23N7O6S/c23-14(13-2-1-12-8-21(13)15(24)22(12)28-29(25)26)18-27-9-11-5-10(6-16-11)7-20-4-3-17-19-20/h3-4,10-13,16H,1-2,5-9H2,(H,18,23)(H,25,26)/t10-,11-,12?,13?/m1/s1. The Bertz CT molecular complexity index is 764. The van der Waals surface area contributed by atoms with Gasteiger partial charge in [0.05, 0.1) is 18.8 Å². The van der Waals surface area contributed by atoms with Gasteiger partial charge in [0.2, 0.25) is 0 Å². The van der Waals surface area contributed by atoms with Gasteiger partial charge in [-0.1, -0.05) is 5.21 Å². The van der Waals surface area contributed by atoms with Gasteiger partial charge in [-0.25, -0.2) is 10.3 Å². The van der Waals surface area contributed by atoms with Crippen LogP contribution in [0.3, 0.4) is 0 Å². The molecule has 29 heavy (non-hydrogen) atoms. The molecule has 4 rings (SSSR count). The van der Waals surface area contributed by atoms with Crippen molar-refractivity contribution in [3.63, 3.8) is 0 Å². The average molecular weight is 429 g/mol. The number of fused-ring (bicyclic) bond motifs is 2. The fourth-order valence-electron chi connectivity index (χ4n) is 4.12. The summed E-state index contributed by atoms with van der Waals surface area (Å²) in [7, 11) is 0.